The van der Waals surface area contributed by atoms with Crippen LogP contribution in [0, 0.1) is 0 Å². The zero-order chi connectivity index (χ0) is 16.9. The monoisotopic (exact) mass is 337 g/mol. The molecule has 0 atom stereocenters. The second kappa shape index (κ2) is 7.43. The van der Waals surface area contributed by atoms with E-state index in [-0.39, 0.29) is 6.61 Å². The van der Waals surface area contributed by atoms with Crippen molar-refractivity contribution in [3.63, 3.8) is 0 Å². The summed E-state index contributed by atoms with van der Waals surface area (Å²) in [7, 11) is 0. The van der Waals surface area contributed by atoms with Crippen molar-refractivity contribution < 1.29 is 9.90 Å². The van der Waals surface area contributed by atoms with E-state index in [2.05, 4.69) is 20.7 Å². The van der Waals surface area contributed by atoms with Crippen LogP contribution in [0.4, 0.5) is 10.6 Å². The summed E-state index contributed by atoms with van der Waals surface area (Å²) < 4.78 is 1.48. The van der Waals surface area contributed by atoms with E-state index < -0.39 is 11.6 Å². The summed E-state index contributed by atoms with van der Waals surface area (Å²) >= 11 is 6.07. The number of anilines is 1. The topological polar surface area (TPSA) is 92.1 Å². The molecule has 3 N–H and O–H groups in total. The highest BCUT2D eigenvalue weighted by Gasteiger charge is 2.27. The van der Waals surface area contributed by atoms with Gasteiger partial charge in [-0.3, -0.25) is 5.32 Å². The first-order chi connectivity index (χ1) is 11.0. The minimum Gasteiger partial charge on any atom is -0.394 e. The standard InChI is InChI=1S/C15H20ClN5O2/c1-3-15(4-2,10-22)19-14(23)18-12-7-9-21(20-12)13-11(16)6-5-8-17-13/h5-9,22H,3-4,10H2,1-2H3,(H2,18,19,20,23). The highest BCUT2D eigenvalue weighted by molar-refractivity contribution is 6.32. The van der Waals surface area contributed by atoms with Crippen LogP contribution < -0.4 is 10.6 Å². The molecule has 0 unspecified atom stereocenters. The summed E-state index contributed by atoms with van der Waals surface area (Å²) in [6.07, 6.45) is 4.53. The zero-order valence-electron chi connectivity index (χ0n) is 13.1. The molecule has 2 aromatic heterocycles. The molecule has 0 aliphatic carbocycles. The van der Waals surface area contributed by atoms with E-state index in [0.29, 0.717) is 29.5 Å². The summed E-state index contributed by atoms with van der Waals surface area (Å²) in [6, 6.07) is 4.67. The van der Waals surface area contributed by atoms with Crippen molar-refractivity contribution in [3.8, 4) is 5.82 Å². The molecule has 0 aliphatic rings. The maximum Gasteiger partial charge on any atom is 0.320 e. The fourth-order valence-electron chi connectivity index (χ4n) is 2.13. The number of pyridine rings is 1. The summed E-state index contributed by atoms with van der Waals surface area (Å²) in [5.41, 5.74) is -0.628. The van der Waals surface area contributed by atoms with Gasteiger partial charge in [0.1, 0.15) is 0 Å². The van der Waals surface area contributed by atoms with Gasteiger partial charge in [0.2, 0.25) is 0 Å². The first-order valence-electron chi connectivity index (χ1n) is 7.40. The maximum absolute atomic E-state index is 12.1. The summed E-state index contributed by atoms with van der Waals surface area (Å²) in [5, 5.41) is 19.6. The number of nitrogens with zero attached hydrogens (tertiary/aromatic N) is 3. The number of carbonyl (C=O) groups is 1. The van der Waals surface area contributed by atoms with Crippen molar-refractivity contribution in [2.75, 3.05) is 11.9 Å². The number of hydrogen-bond acceptors (Lipinski definition) is 4. The van der Waals surface area contributed by atoms with Crippen LogP contribution in [0.5, 0.6) is 0 Å². The number of aliphatic hydroxyl groups excluding tert-OH is 1. The Balaban J connectivity index is 2.07. The molecule has 2 heterocycles. The third-order valence-corrected chi connectivity index (χ3v) is 4.12. The van der Waals surface area contributed by atoms with Gasteiger partial charge in [-0.15, -0.1) is 5.10 Å². The first kappa shape index (κ1) is 17.2. The minimum atomic E-state index is -0.628. The lowest BCUT2D eigenvalue weighted by molar-refractivity contribution is 0.155. The van der Waals surface area contributed by atoms with E-state index in [1.54, 1.807) is 30.6 Å². The van der Waals surface area contributed by atoms with E-state index in [0.717, 1.165) is 0 Å². The molecule has 2 amide bonds. The molecular formula is C15H20ClN5O2. The summed E-state index contributed by atoms with van der Waals surface area (Å²) in [4.78, 5) is 16.2. The predicted octanol–water partition coefficient (Wildman–Crippen LogP) is 2.59. The van der Waals surface area contributed by atoms with Gasteiger partial charge < -0.3 is 10.4 Å². The Morgan fingerprint density at radius 2 is 2.13 bits per heavy atom. The third-order valence-electron chi connectivity index (χ3n) is 3.82. The second-order valence-electron chi connectivity index (χ2n) is 5.18. The molecule has 0 spiro atoms. The lowest BCUT2D eigenvalue weighted by Crippen LogP contribution is -2.52. The molecule has 2 rings (SSSR count). The molecule has 0 aromatic carbocycles. The highest BCUT2D eigenvalue weighted by atomic mass is 35.5. The Kier molecular flexibility index (Phi) is 5.57. The molecule has 23 heavy (non-hydrogen) atoms. The molecule has 0 aliphatic heterocycles. The molecule has 0 bridgehead atoms. The number of aliphatic hydroxyl groups is 1. The predicted molar refractivity (Wildman–Crippen MR) is 88.9 cm³/mol. The van der Waals surface area contributed by atoms with E-state index >= 15 is 0 Å². The lowest BCUT2D eigenvalue weighted by atomic mass is 9.94. The van der Waals surface area contributed by atoms with Crippen LogP contribution in [0.2, 0.25) is 5.02 Å². The van der Waals surface area contributed by atoms with E-state index in [9.17, 15) is 9.90 Å². The van der Waals surface area contributed by atoms with E-state index in [1.807, 2.05) is 13.8 Å². The number of carbonyl (C=O) groups excluding carboxylic acids is 1. The van der Waals surface area contributed by atoms with Gasteiger partial charge in [-0.2, -0.15) is 0 Å². The molecule has 0 fully saturated rings. The van der Waals surface area contributed by atoms with Crippen LogP contribution in [-0.2, 0) is 0 Å². The smallest absolute Gasteiger partial charge is 0.320 e. The number of rotatable bonds is 6. The Morgan fingerprint density at radius 1 is 1.39 bits per heavy atom. The van der Waals surface area contributed by atoms with Gasteiger partial charge in [0, 0.05) is 18.5 Å². The molecule has 124 valence electrons. The number of nitrogens with one attached hydrogen (secondary N) is 2. The summed E-state index contributed by atoms with van der Waals surface area (Å²) in [6.45, 7) is 3.71. The number of amides is 2. The first-order valence-corrected chi connectivity index (χ1v) is 7.78. The fraction of sp³-hybridized carbons (Fsp3) is 0.400. The van der Waals surface area contributed by atoms with Crippen LogP contribution in [0.3, 0.4) is 0 Å². The van der Waals surface area contributed by atoms with Crippen LogP contribution in [0.1, 0.15) is 26.7 Å². The zero-order valence-corrected chi connectivity index (χ0v) is 13.8. The second-order valence-corrected chi connectivity index (χ2v) is 5.59. The van der Waals surface area contributed by atoms with E-state index in [1.165, 1.54) is 4.68 Å². The molecule has 0 saturated heterocycles. The van der Waals surface area contributed by atoms with Crippen LogP contribution in [0.25, 0.3) is 5.82 Å². The number of aromatic nitrogens is 3. The fourth-order valence-corrected chi connectivity index (χ4v) is 2.34. The van der Waals surface area contributed by atoms with Gasteiger partial charge >= 0.3 is 6.03 Å². The molecular weight excluding hydrogens is 318 g/mol. The average molecular weight is 338 g/mol. The quantitative estimate of drug-likeness (QED) is 0.755. The highest BCUT2D eigenvalue weighted by Crippen LogP contribution is 2.18. The largest absolute Gasteiger partial charge is 0.394 e. The Hall–Kier alpha value is -2.12. The normalized spacial score (nSPS) is 11.3. The molecule has 0 saturated carbocycles. The SMILES string of the molecule is CCC(CC)(CO)NC(=O)Nc1ccn(-c2ncccc2Cl)n1. The lowest BCUT2D eigenvalue weighted by Gasteiger charge is -2.30. The maximum atomic E-state index is 12.1. The average Bonchev–Trinajstić information content (AvgIpc) is 3.01. The van der Waals surface area contributed by atoms with Gasteiger partial charge in [-0.1, -0.05) is 25.4 Å². The van der Waals surface area contributed by atoms with Crippen molar-refractivity contribution in [2.24, 2.45) is 0 Å². The van der Waals surface area contributed by atoms with Gasteiger partial charge in [0.15, 0.2) is 11.6 Å². The van der Waals surface area contributed by atoms with Crippen molar-refractivity contribution in [1.82, 2.24) is 20.1 Å². The molecule has 7 nitrogen and oxygen atoms in total. The van der Waals surface area contributed by atoms with Gasteiger partial charge in [-0.25, -0.2) is 14.5 Å². The Labute approximate surface area is 139 Å². The van der Waals surface area contributed by atoms with Gasteiger partial charge in [0.05, 0.1) is 17.2 Å². The Bertz CT molecular complexity index is 661. The van der Waals surface area contributed by atoms with Gasteiger partial charge in [0.25, 0.3) is 0 Å². The number of hydrogen-bond donors (Lipinski definition) is 3. The van der Waals surface area contributed by atoms with Crippen molar-refractivity contribution in [2.45, 2.75) is 32.2 Å². The molecule has 0 radical (unpaired) electrons. The van der Waals surface area contributed by atoms with E-state index in [4.69, 9.17) is 11.6 Å². The van der Waals surface area contributed by atoms with Gasteiger partial charge in [-0.05, 0) is 25.0 Å². The van der Waals surface area contributed by atoms with Crippen molar-refractivity contribution in [3.05, 3.63) is 35.6 Å². The number of halogens is 1. The van der Waals surface area contributed by atoms with Crippen molar-refractivity contribution >= 4 is 23.4 Å². The number of urea groups is 1. The molecule has 8 heteroatoms. The van der Waals surface area contributed by atoms with Crippen LogP contribution in [0.15, 0.2) is 30.6 Å². The minimum absolute atomic E-state index is 0.120. The van der Waals surface area contributed by atoms with Crippen molar-refractivity contribution in [1.29, 1.82) is 0 Å². The van der Waals surface area contributed by atoms with Crippen LogP contribution in [-0.4, -0.2) is 38.0 Å². The Morgan fingerprint density at radius 3 is 2.74 bits per heavy atom. The summed E-state index contributed by atoms with van der Waals surface area (Å²) in [5.74, 6) is 0.845. The molecule has 2 aromatic rings. The third kappa shape index (κ3) is 4.00. The van der Waals surface area contributed by atoms with Crippen LogP contribution >= 0.6 is 11.6 Å².